The number of aryl methyl sites for hydroxylation is 1. The smallest absolute Gasteiger partial charge is 0.226 e. The fraction of sp³-hybridized carbons (Fsp3) is 0.150. The fourth-order valence-corrected chi connectivity index (χ4v) is 3.07. The van der Waals surface area contributed by atoms with Crippen LogP contribution in [0, 0.1) is 0 Å². The maximum absolute atomic E-state index is 12.6. The van der Waals surface area contributed by atoms with Crippen LogP contribution in [0.2, 0.25) is 0 Å². The first-order chi connectivity index (χ1) is 12.7. The molecule has 130 valence electrons. The van der Waals surface area contributed by atoms with Gasteiger partial charge in [0, 0.05) is 13.2 Å². The number of imidazole rings is 1. The highest BCUT2D eigenvalue weighted by atomic mass is 16.1. The van der Waals surface area contributed by atoms with Crippen molar-refractivity contribution in [2.24, 2.45) is 7.05 Å². The Labute approximate surface area is 150 Å². The van der Waals surface area contributed by atoms with Gasteiger partial charge in [-0.1, -0.05) is 36.4 Å². The summed E-state index contributed by atoms with van der Waals surface area (Å²) in [6.07, 6.45) is 3.76. The first-order valence-corrected chi connectivity index (χ1v) is 8.45. The molecule has 1 amide bonds. The number of carbonyl (C=O) groups is 1. The summed E-state index contributed by atoms with van der Waals surface area (Å²) in [7, 11) is 1.84. The van der Waals surface area contributed by atoms with E-state index in [1.54, 1.807) is 11.0 Å². The number of hydrogen-bond donors (Lipinski definition) is 2. The monoisotopic (exact) mass is 345 g/mol. The molecule has 2 heterocycles. The van der Waals surface area contributed by atoms with E-state index in [1.165, 1.54) is 0 Å². The average Bonchev–Trinajstić information content (AvgIpc) is 3.28. The standard InChI is InChI=1S/C20H19N5O/c1-25-10-9-16(24-25)12-19(26)23-20(14-5-3-2-4-6-14)15-7-8-17-18(11-15)22-13-21-17/h2-11,13,20H,12H2,1H3,(H,21,22)(H,23,26). The Kier molecular flexibility index (Phi) is 4.23. The third kappa shape index (κ3) is 3.35. The quantitative estimate of drug-likeness (QED) is 0.584. The van der Waals surface area contributed by atoms with Gasteiger partial charge in [0.25, 0.3) is 0 Å². The molecule has 0 aliphatic heterocycles. The van der Waals surface area contributed by atoms with E-state index in [-0.39, 0.29) is 18.4 Å². The number of fused-ring (bicyclic) bond motifs is 1. The van der Waals surface area contributed by atoms with Crippen LogP contribution in [-0.2, 0) is 18.3 Å². The molecule has 0 fully saturated rings. The van der Waals surface area contributed by atoms with Gasteiger partial charge < -0.3 is 10.3 Å². The summed E-state index contributed by atoms with van der Waals surface area (Å²) < 4.78 is 1.70. The zero-order valence-corrected chi connectivity index (χ0v) is 14.4. The summed E-state index contributed by atoms with van der Waals surface area (Å²) in [4.78, 5) is 20.0. The molecule has 2 N–H and O–H groups in total. The molecule has 1 unspecified atom stereocenters. The highest BCUT2D eigenvalue weighted by Crippen LogP contribution is 2.24. The molecule has 4 rings (SSSR count). The van der Waals surface area contributed by atoms with Crippen molar-refractivity contribution in [3.63, 3.8) is 0 Å². The lowest BCUT2D eigenvalue weighted by Crippen LogP contribution is -2.30. The van der Waals surface area contributed by atoms with Crippen LogP contribution < -0.4 is 5.32 Å². The fourth-order valence-electron chi connectivity index (χ4n) is 3.07. The van der Waals surface area contributed by atoms with Crippen LogP contribution in [0.25, 0.3) is 11.0 Å². The van der Waals surface area contributed by atoms with Gasteiger partial charge in [0.2, 0.25) is 5.91 Å². The van der Waals surface area contributed by atoms with Gasteiger partial charge in [-0.15, -0.1) is 0 Å². The summed E-state index contributed by atoms with van der Waals surface area (Å²) in [6.45, 7) is 0. The molecule has 6 heteroatoms. The number of amides is 1. The Morgan fingerprint density at radius 2 is 2.00 bits per heavy atom. The molecule has 0 saturated carbocycles. The van der Waals surface area contributed by atoms with Gasteiger partial charge in [0.1, 0.15) is 0 Å². The first kappa shape index (κ1) is 16.1. The lowest BCUT2D eigenvalue weighted by atomic mass is 9.98. The Bertz CT molecular complexity index is 1030. The van der Waals surface area contributed by atoms with E-state index < -0.39 is 0 Å². The number of nitrogens with one attached hydrogen (secondary N) is 2. The van der Waals surface area contributed by atoms with Crippen LogP contribution in [0.3, 0.4) is 0 Å². The second kappa shape index (κ2) is 6.84. The first-order valence-electron chi connectivity index (χ1n) is 8.45. The molecule has 2 aromatic heterocycles. The van der Waals surface area contributed by atoms with Crippen LogP contribution in [-0.4, -0.2) is 25.7 Å². The number of nitrogens with zero attached hydrogens (tertiary/aromatic N) is 3. The number of aromatic amines is 1. The Morgan fingerprint density at radius 1 is 1.15 bits per heavy atom. The van der Waals surface area contributed by atoms with Crippen molar-refractivity contribution in [2.45, 2.75) is 12.5 Å². The van der Waals surface area contributed by atoms with Crippen molar-refractivity contribution in [2.75, 3.05) is 0 Å². The summed E-state index contributed by atoms with van der Waals surface area (Å²) in [5, 5.41) is 7.42. The molecule has 0 radical (unpaired) electrons. The van der Waals surface area contributed by atoms with Crippen LogP contribution in [0.15, 0.2) is 67.1 Å². The topological polar surface area (TPSA) is 75.6 Å². The number of H-pyrrole nitrogens is 1. The zero-order valence-electron chi connectivity index (χ0n) is 14.4. The van der Waals surface area contributed by atoms with Crippen molar-refractivity contribution < 1.29 is 4.79 Å². The van der Waals surface area contributed by atoms with E-state index in [2.05, 4.69) is 20.4 Å². The minimum atomic E-state index is -0.236. The highest BCUT2D eigenvalue weighted by molar-refractivity contribution is 5.80. The number of benzene rings is 2. The SMILES string of the molecule is Cn1ccc(CC(=O)NC(c2ccccc2)c2ccc3nc[nH]c3c2)n1. The number of carbonyl (C=O) groups excluding carboxylic acids is 1. The predicted molar refractivity (Wildman–Crippen MR) is 99.4 cm³/mol. The molecule has 0 saturated heterocycles. The van der Waals surface area contributed by atoms with E-state index in [0.717, 1.165) is 27.9 Å². The third-order valence-corrected chi connectivity index (χ3v) is 4.33. The van der Waals surface area contributed by atoms with Crippen LogP contribution in [0.5, 0.6) is 0 Å². The zero-order chi connectivity index (χ0) is 17.9. The molecular weight excluding hydrogens is 326 g/mol. The normalized spacial score (nSPS) is 12.2. The number of hydrogen-bond acceptors (Lipinski definition) is 3. The molecule has 0 aliphatic carbocycles. The van der Waals surface area contributed by atoms with Crippen LogP contribution in [0.4, 0.5) is 0 Å². The van der Waals surface area contributed by atoms with Crippen molar-refractivity contribution in [1.82, 2.24) is 25.1 Å². The van der Waals surface area contributed by atoms with Crippen LogP contribution >= 0.6 is 0 Å². The van der Waals surface area contributed by atoms with Crippen molar-refractivity contribution in [3.8, 4) is 0 Å². The van der Waals surface area contributed by atoms with Crippen molar-refractivity contribution in [1.29, 1.82) is 0 Å². The Morgan fingerprint density at radius 3 is 2.77 bits per heavy atom. The van der Waals surface area contributed by atoms with E-state index in [9.17, 15) is 4.79 Å². The molecule has 0 spiro atoms. The lowest BCUT2D eigenvalue weighted by molar-refractivity contribution is -0.121. The molecule has 26 heavy (non-hydrogen) atoms. The molecule has 1 atom stereocenters. The summed E-state index contributed by atoms with van der Waals surface area (Å²) >= 11 is 0. The highest BCUT2D eigenvalue weighted by Gasteiger charge is 2.18. The van der Waals surface area contributed by atoms with Gasteiger partial charge in [-0.2, -0.15) is 5.10 Å². The second-order valence-electron chi connectivity index (χ2n) is 6.25. The Balaban J connectivity index is 1.63. The van der Waals surface area contributed by atoms with E-state index in [4.69, 9.17) is 0 Å². The van der Waals surface area contributed by atoms with Gasteiger partial charge in [-0.3, -0.25) is 9.48 Å². The number of rotatable bonds is 5. The summed E-state index contributed by atoms with van der Waals surface area (Å²) in [5.41, 5.74) is 4.63. The molecule has 4 aromatic rings. The molecule has 0 bridgehead atoms. The van der Waals surface area contributed by atoms with E-state index in [0.29, 0.717) is 0 Å². The maximum atomic E-state index is 12.6. The largest absolute Gasteiger partial charge is 0.345 e. The number of aromatic nitrogens is 4. The van der Waals surface area contributed by atoms with Crippen molar-refractivity contribution in [3.05, 3.63) is 83.9 Å². The molecule has 2 aromatic carbocycles. The minimum Gasteiger partial charge on any atom is -0.345 e. The predicted octanol–water partition coefficient (Wildman–Crippen LogP) is 2.74. The molecular formula is C20H19N5O. The second-order valence-corrected chi connectivity index (χ2v) is 6.25. The van der Waals surface area contributed by atoms with Gasteiger partial charge >= 0.3 is 0 Å². The van der Waals surface area contributed by atoms with E-state index >= 15 is 0 Å². The maximum Gasteiger partial charge on any atom is 0.226 e. The average molecular weight is 345 g/mol. The van der Waals surface area contributed by atoms with Gasteiger partial charge in [-0.25, -0.2) is 4.98 Å². The summed E-state index contributed by atoms with van der Waals surface area (Å²) in [5.74, 6) is -0.0674. The van der Waals surface area contributed by atoms with Crippen molar-refractivity contribution >= 4 is 16.9 Å². The van der Waals surface area contributed by atoms with Gasteiger partial charge in [0.15, 0.2) is 0 Å². The van der Waals surface area contributed by atoms with Gasteiger partial charge in [0.05, 0.1) is 35.5 Å². The third-order valence-electron chi connectivity index (χ3n) is 4.33. The molecule has 6 nitrogen and oxygen atoms in total. The molecule has 0 aliphatic rings. The minimum absolute atomic E-state index is 0.0674. The van der Waals surface area contributed by atoms with Gasteiger partial charge in [-0.05, 0) is 29.3 Å². The summed E-state index contributed by atoms with van der Waals surface area (Å²) in [6, 6.07) is 17.6. The lowest BCUT2D eigenvalue weighted by Gasteiger charge is -2.20. The van der Waals surface area contributed by atoms with Crippen LogP contribution in [0.1, 0.15) is 22.9 Å². The Hall–Kier alpha value is -3.41. The van der Waals surface area contributed by atoms with E-state index in [1.807, 2.05) is 67.8 Å².